The summed E-state index contributed by atoms with van der Waals surface area (Å²) in [6.07, 6.45) is 0. The van der Waals surface area contributed by atoms with Crippen LogP contribution in [0.25, 0.3) is 0 Å². The van der Waals surface area contributed by atoms with Gasteiger partial charge in [-0.1, -0.05) is 30.3 Å². The molecule has 2 rings (SSSR count). The van der Waals surface area contributed by atoms with Gasteiger partial charge in [0.2, 0.25) is 0 Å². The number of benzene rings is 2. The number of carbonyl (C=O) groups excluding carboxylic acids is 1. The Morgan fingerprint density at radius 2 is 1.90 bits per heavy atom. The number of amides is 1. The molecule has 0 atom stereocenters. The summed E-state index contributed by atoms with van der Waals surface area (Å²) in [6, 6.07) is 14.8. The van der Waals surface area contributed by atoms with Gasteiger partial charge in [0.05, 0.1) is 5.71 Å². The minimum Gasteiger partial charge on any atom is -0.399 e. The van der Waals surface area contributed by atoms with Gasteiger partial charge in [0, 0.05) is 11.3 Å². The quantitative estimate of drug-likeness (QED) is 0.510. The van der Waals surface area contributed by atoms with Crippen molar-refractivity contribution in [1.82, 2.24) is 5.43 Å². The van der Waals surface area contributed by atoms with Crippen LogP contribution in [0.15, 0.2) is 53.6 Å². The molecule has 0 aliphatic heterocycles. The first kappa shape index (κ1) is 13.8. The summed E-state index contributed by atoms with van der Waals surface area (Å²) in [5, 5.41) is 4.11. The molecule has 3 N–H and O–H groups in total. The highest BCUT2D eigenvalue weighted by atomic mass is 16.2. The highest BCUT2D eigenvalue weighted by molar-refractivity contribution is 6.01. The van der Waals surface area contributed by atoms with Crippen molar-refractivity contribution >= 4 is 17.3 Å². The molecule has 20 heavy (non-hydrogen) atoms. The second kappa shape index (κ2) is 6.02. The number of anilines is 1. The van der Waals surface area contributed by atoms with E-state index in [0.717, 1.165) is 11.1 Å². The molecule has 0 aromatic heterocycles. The van der Waals surface area contributed by atoms with Crippen LogP contribution in [0.3, 0.4) is 0 Å². The third-order valence-corrected chi connectivity index (χ3v) is 3.02. The number of rotatable bonds is 3. The molecule has 2 aromatic carbocycles. The minimum absolute atomic E-state index is 0.216. The second-order valence-electron chi connectivity index (χ2n) is 4.58. The molecule has 0 saturated carbocycles. The molecule has 0 unspecified atom stereocenters. The van der Waals surface area contributed by atoms with Gasteiger partial charge in [-0.15, -0.1) is 0 Å². The van der Waals surface area contributed by atoms with Crippen molar-refractivity contribution < 1.29 is 4.79 Å². The first-order chi connectivity index (χ1) is 9.58. The maximum atomic E-state index is 12.0. The van der Waals surface area contributed by atoms with Gasteiger partial charge < -0.3 is 5.73 Å². The van der Waals surface area contributed by atoms with Crippen molar-refractivity contribution in [2.75, 3.05) is 5.73 Å². The maximum Gasteiger partial charge on any atom is 0.271 e. The molecule has 0 radical (unpaired) electrons. The van der Waals surface area contributed by atoms with Crippen LogP contribution in [0.5, 0.6) is 0 Å². The Kier molecular flexibility index (Phi) is 4.15. The monoisotopic (exact) mass is 267 g/mol. The van der Waals surface area contributed by atoms with E-state index in [-0.39, 0.29) is 5.91 Å². The van der Waals surface area contributed by atoms with Crippen LogP contribution in [-0.2, 0) is 0 Å². The van der Waals surface area contributed by atoms with Crippen LogP contribution >= 0.6 is 0 Å². The van der Waals surface area contributed by atoms with Crippen LogP contribution in [0.4, 0.5) is 5.69 Å². The summed E-state index contributed by atoms with van der Waals surface area (Å²) in [5.41, 5.74) is 12.1. The summed E-state index contributed by atoms with van der Waals surface area (Å²) >= 11 is 0. The molecule has 4 nitrogen and oxygen atoms in total. The second-order valence-corrected chi connectivity index (χ2v) is 4.58. The zero-order valence-electron chi connectivity index (χ0n) is 11.6. The topological polar surface area (TPSA) is 67.5 Å². The molecule has 0 saturated heterocycles. The Bertz CT molecular complexity index is 662. The van der Waals surface area contributed by atoms with Crippen molar-refractivity contribution in [3.05, 3.63) is 65.2 Å². The van der Waals surface area contributed by atoms with E-state index < -0.39 is 0 Å². The van der Waals surface area contributed by atoms with Gasteiger partial charge in [-0.25, -0.2) is 5.43 Å². The molecular weight excluding hydrogens is 250 g/mol. The molecule has 0 heterocycles. The van der Waals surface area contributed by atoms with Crippen molar-refractivity contribution in [3.8, 4) is 0 Å². The minimum atomic E-state index is -0.216. The number of nitrogens with one attached hydrogen (secondary N) is 1. The molecule has 4 heteroatoms. The Hall–Kier alpha value is -2.62. The van der Waals surface area contributed by atoms with Crippen LogP contribution < -0.4 is 11.2 Å². The smallest absolute Gasteiger partial charge is 0.271 e. The average Bonchev–Trinajstić information content (AvgIpc) is 2.45. The number of hydrogen-bond donors (Lipinski definition) is 2. The lowest BCUT2D eigenvalue weighted by molar-refractivity contribution is 0.0954. The zero-order chi connectivity index (χ0) is 14.5. The molecule has 0 bridgehead atoms. The number of aryl methyl sites for hydroxylation is 1. The van der Waals surface area contributed by atoms with Gasteiger partial charge in [-0.3, -0.25) is 4.79 Å². The van der Waals surface area contributed by atoms with Gasteiger partial charge in [-0.2, -0.15) is 5.10 Å². The number of hydrogen-bond acceptors (Lipinski definition) is 3. The molecule has 0 aliphatic carbocycles. The Morgan fingerprint density at radius 3 is 2.60 bits per heavy atom. The highest BCUT2D eigenvalue weighted by Crippen LogP contribution is 2.08. The van der Waals surface area contributed by atoms with Gasteiger partial charge in [-0.05, 0) is 43.2 Å². The summed E-state index contributed by atoms with van der Waals surface area (Å²) in [7, 11) is 0. The fraction of sp³-hybridized carbons (Fsp3) is 0.125. The highest BCUT2D eigenvalue weighted by Gasteiger charge is 2.07. The standard InChI is InChI=1S/C16H17N3O/c1-11-6-3-4-9-15(11)16(20)19-18-12(2)13-7-5-8-14(17)10-13/h3-10H,17H2,1-2H3,(H,19,20). The predicted octanol–water partition coefficient (Wildman–Crippen LogP) is 2.73. The van der Waals surface area contributed by atoms with E-state index in [1.54, 1.807) is 6.07 Å². The number of hydrazone groups is 1. The summed E-state index contributed by atoms with van der Waals surface area (Å²) < 4.78 is 0. The predicted molar refractivity (Wildman–Crippen MR) is 81.7 cm³/mol. The van der Waals surface area contributed by atoms with E-state index in [4.69, 9.17) is 5.73 Å². The van der Waals surface area contributed by atoms with E-state index in [2.05, 4.69) is 10.5 Å². The normalized spacial score (nSPS) is 11.2. The Balaban J connectivity index is 2.13. The number of nitrogens with two attached hydrogens (primary N) is 1. The number of carbonyl (C=O) groups is 1. The lowest BCUT2D eigenvalue weighted by Gasteiger charge is -2.05. The Labute approximate surface area is 118 Å². The maximum absolute atomic E-state index is 12.0. The van der Waals surface area contributed by atoms with Crippen molar-refractivity contribution in [3.63, 3.8) is 0 Å². The molecule has 0 fully saturated rings. The van der Waals surface area contributed by atoms with E-state index in [1.165, 1.54) is 0 Å². The van der Waals surface area contributed by atoms with Crippen LogP contribution in [-0.4, -0.2) is 11.6 Å². The summed E-state index contributed by atoms with van der Waals surface area (Å²) in [5.74, 6) is -0.216. The SMILES string of the molecule is CC(=NNC(=O)c1ccccc1C)c1cccc(N)c1. The van der Waals surface area contributed by atoms with Crippen LogP contribution in [0.2, 0.25) is 0 Å². The number of nitrogen functional groups attached to an aromatic ring is 1. The lowest BCUT2D eigenvalue weighted by Crippen LogP contribution is -2.20. The van der Waals surface area contributed by atoms with Crippen molar-refractivity contribution in [2.24, 2.45) is 5.10 Å². The third kappa shape index (κ3) is 3.23. The van der Waals surface area contributed by atoms with Gasteiger partial charge >= 0.3 is 0 Å². The molecule has 1 amide bonds. The van der Waals surface area contributed by atoms with E-state index >= 15 is 0 Å². The molecule has 0 spiro atoms. The van der Waals surface area contributed by atoms with E-state index in [1.807, 2.05) is 56.3 Å². The fourth-order valence-electron chi connectivity index (χ4n) is 1.85. The first-order valence-corrected chi connectivity index (χ1v) is 6.34. The summed E-state index contributed by atoms with van der Waals surface area (Å²) in [6.45, 7) is 3.72. The lowest BCUT2D eigenvalue weighted by atomic mass is 10.1. The molecule has 2 aromatic rings. The Morgan fingerprint density at radius 1 is 1.15 bits per heavy atom. The van der Waals surface area contributed by atoms with Crippen LogP contribution in [0, 0.1) is 6.92 Å². The first-order valence-electron chi connectivity index (χ1n) is 6.34. The van der Waals surface area contributed by atoms with E-state index in [0.29, 0.717) is 17.0 Å². The third-order valence-electron chi connectivity index (χ3n) is 3.02. The van der Waals surface area contributed by atoms with E-state index in [9.17, 15) is 4.79 Å². The fourth-order valence-corrected chi connectivity index (χ4v) is 1.85. The van der Waals surface area contributed by atoms with Crippen molar-refractivity contribution in [1.29, 1.82) is 0 Å². The van der Waals surface area contributed by atoms with Gasteiger partial charge in [0.1, 0.15) is 0 Å². The van der Waals surface area contributed by atoms with Crippen molar-refractivity contribution in [2.45, 2.75) is 13.8 Å². The number of nitrogens with zero attached hydrogens (tertiary/aromatic N) is 1. The molecular formula is C16H17N3O. The van der Waals surface area contributed by atoms with Gasteiger partial charge in [0.25, 0.3) is 5.91 Å². The van der Waals surface area contributed by atoms with Crippen LogP contribution in [0.1, 0.15) is 28.4 Å². The largest absolute Gasteiger partial charge is 0.399 e. The van der Waals surface area contributed by atoms with Gasteiger partial charge in [0.15, 0.2) is 0 Å². The summed E-state index contributed by atoms with van der Waals surface area (Å²) in [4.78, 5) is 12.0. The zero-order valence-corrected chi connectivity index (χ0v) is 11.6. The molecule has 102 valence electrons. The molecule has 0 aliphatic rings. The average molecular weight is 267 g/mol.